The summed E-state index contributed by atoms with van der Waals surface area (Å²) in [5.41, 5.74) is 0.507. The Morgan fingerprint density at radius 1 is 1.11 bits per heavy atom. The SMILES string of the molecule is OOOSC(F)(F)Cc1cccc2ccccc12. The highest BCUT2D eigenvalue weighted by Crippen LogP contribution is 2.35. The van der Waals surface area contributed by atoms with Crippen LogP contribution in [0.5, 0.6) is 0 Å². The fourth-order valence-corrected chi connectivity index (χ4v) is 2.11. The van der Waals surface area contributed by atoms with E-state index in [1.165, 1.54) is 0 Å². The molecule has 0 heterocycles. The van der Waals surface area contributed by atoms with Gasteiger partial charge in [-0.1, -0.05) is 47.5 Å². The fraction of sp³-hybridized carbons (Fsp3) is 0.167. The highest BCUT2D eigenvalue weighted by molar-refractivity contribution is 7.95. The van der Waals surface area contributed by atoms with E-state index in [-0.39, 0.29) is 12.0 Å². The van der Waals surface area contributed by atoms with Gasteiger partial charge in [-0.05, 0) is 16.3 Å². The largest absolute Gasteiger partial charge is 0.324 e. The zero-order valence-electron chi connectivity index (χ0n) is 9.18. The molecule has 18 heavy (non-hydrogen) atoms. The second kappa shape index (κ2) is 5.62. The van der Waals surface area contributed by atoms with Crippen LogP contribution in [-0.4, -0.2) is 10.5 Å². The minimum atomic E-state index is -3.19. The summed E-state index contributed by atoms with van der Waals surface area (Å²) in [6, 6.07) is 12.5. The topological polar surface area (TPSA) is 38.7 Å². The molecule has 0 radical (unpaired) electrons. The molecule has 0 aliphatic heterocycles. The van der Waals surface area contributed by atoms with Crippen molar-refractivity contribution in [3.05, 3.63) is 48.0 Å². The molecule has 2 aromatic carbocycles. The third-order valence-electron chi connectivity index (χ3n) is 2.46. The van der Waals surface area contributed by atoms with Crippen molar-refractivity contribution >= 4 is 22.8 Å². The molecule has 0 aliphatic rings. The van der Waals surface area contributed by atoms with Crippen molar-refractivity contribution in [2.75, 3.05) is 0 Å². The van der Waals surface area contributed by atoms with E-state index in [4.69, 9.17) is 5.26 Å². The second-order valence-corrected chi connectivity index (χ2v) is 4.58. The number of rotatable bonds is 5. The highest BCUT2D eigenvalue weighted by atomic mass is 32.2. The van der Waals surface area contributed by atoms with Gasteiger partial charge >= 0.3 is 5.25 Å². The zero-order chi connectivity index (χ0) is 13.0. The molecule has 0 aromatic heterocycles. The number of benzene rings is 2. The molecule has 0 bridgehead atoms. The fourth-order valence-electron chi connectivity index (χ4n) is 1.76. The summed E-state index contributed by atoms with van der Waals surface area (Å²) in [6.45, 7) is 0. The molecule has 0 atom stereocenters. The van der Waals surface area contributed by atoms with E-state index in [0.717, 1.165) is 10.8 Å². The molecule has 2 rings (SSSR count). The summed E-state index contributed by atoms with van der Waals surface area (Å²) in [4.78, 5) is 0. The second-order valence-electron chi connectivity index (χ2n) is 3.68. The molecular formula is C12H10F2O3S. The third kappa shape index (κ3) is 3.17. The highest BCUT2D eigenvalue weighted by Gasteiger charge is 2.33. The summed E-state index contributed by atoms with van der Waals surface area (Å²) in [6.07, 6.45) is -0.512. The third-order valence-corrected chi connectivity index (χ3v) is 2.98. The molecular weight excluding hydrogens is 262 g/mol. The summed E-state index contributed by atoms with van der Waals surface area (Å²) in [5, 5.41) is 9.56. The van der Waals surface area contributed by atoms with Crippen LogP contribution >= 0.6 is 12.0 Å². The maximum Gasteiger partial charge on any atom is 0.324 e. The minimum Gasteiger partial charge on any atom is -0.220 e. The van der Waals surface area contributed by atoms with Crippen molar-refractivity contribution in [1.82, 2.24) is 0 Å². The van der Waals surface area contributed by atoms with Gasteiger partial charge in [-0.25, -0.2) is 5.26 Å². The molecule has 1 N–H and O–H groups in total. The van der Waals surface area contributed by atoms with Gasteiger partial charge in [-0.3, -0.25) is 0 Å². The smallest absolute Gasteiger partial charge is 0.220 e. The average molecular weight is 272 g/mol. The maximum atomic E-state index is 13.5. The van der Waals surface area contributed by atoms with Crippen LogP contribution in [0.3, 0.4) is 0 Å². The van der Waals surface area contributed by atoms with E-state index in [1.807, 2.05) is 18.2 Å². The first kappa shape index (κ1) is 13.2. The zero-order valence-corrected chi connectivity index (χ0v) is 9.99. The van der Waals surface area contributed by atoms with Gasteiger partial charge in [0.15, 0.2) is 0 Å². The van der Waals surface area contributed by atoms with Gasteiger partial charge < -0.3 is 0 Å². The van der Waals surface area contributed by atoms with Gasteiger partial charge in [-0.2, -0.15) is 8.78 Å². The van der Waals surface area contributed by atoms with Crippen LogP contribution in [-0.2, 0) is 15.8 Å². The van der Waals surface area contributed by atoms with Crippen LogP contribution < -0.4 is 0 Å². The lowest BCUT2D eigenvalue weighted by atomic mass is 10.0. The normalized spacial score (nSPS) is 11.9. The monoisotopic (exact) mass is 272 g/mol. The number of halogens is 2. The van der Waals surface area contributed by atoms with E-state index in [9.17, 15) is 8.78 Å². The predicted molar refractivity (Wildman–Crippen MR) is 65.0 cm³/mol. The molecule has 0 unspecified atom stereocenters. The van der Waals surface area contributed by atoms with Crippen LogP contribution in [0.15, 0.2) is 42.5 Å². The van der Waals surface area contributed by atoms with Gasteiger partial charge in [0, 0.05) is 6.42 Å². The van der Waals surface area contributed by atoms with E-state index >= 15 is 0 Å². The summed E-state index contributed by atoms with van der Waals surface area (Å²) < 4.78 is 30.7. The minimum absolute atomic E-state index is 0.223. The Hall–Kier alpha value is -1.21. The van der Waals surface area contributed by atoms with Gasteiger partial charge in [0.2, 0.25) is 0 Å². The molecule has 0 aliphatic carbocycles. The average Bonchev–Trinajstić information content (AvgIpc) is 2.37. The van der Waals surface area contributed by atoms with Crippen LogP contribution in [0, 0.1) is 0 Å². The maximum absolute atomic E-state index is 13.5. The first-order valence-electron chi connectivity index (χ1n) is 5.13. The number of hydrogen-bond acceptors (Lipinski definition) is 4. The van der Waals surface area contributed by atoms with Crippen molar-refractivity contribution in [3.63, 3.8) is 0 Å². The van der Waals surface area contributed by atoms with Crippen LogP contribution in [0.1, 0.15) is 5.56 Å². The van der Waals surface area contributed by atoms with E-state index < -0.39 is 11.7 Å². The first-order chi connectivity index (χ1) is 8.62. The lowest BCUT2D eigenvalue weighted by Crippen LogP contribution is -2.15. The summed E-state index contributed by atoms with van der Waals surface area (Å²) in [5.74, 6) is 0. The van der Waals surface area contributed by atoms with E-state index in [0.29, 0.717) is 5.56 Å². The van der Waals surface area contributed by atoms with Crippen LogP contribution in [0.25, 0.3) is 10.8 Å². The summed E-state index contributed by atoms with van der Waals surface area (Å²) in [7, 11) is 0. The van der Waals surface area contributed by atoms with Gasteiger partial charge in [-0.15, -0.1) is 4.33 Å². The summed E-state index contributed by atoms with van der Waals surface area (Å²) >= 11 is -0.223. The van der Waals surface area contributed by atoms with E-state index in [1.54, 1.807) is 24.3 Å². The predicted octanol–water partition coefficient (Wildman–Crippen LogP) is 4.04. The van der Waals surface area contributed by atoms with Crippen molar-refractivity contribution < 1.29 is 23.4 Å². The van der Waals surface area contributed by atoms with Crippen LogP contribution in [0.2, 0.25) is 0 Å². The lowest BCUT2D eigenvalue weighted by molar-refractivity contribution is -0.433. The number of hydrogen-bond donors (Lipinski definition) is 1. The standard InChI is InChI=1S/C12H10F2O3S/c13-12(14,18-17-16-15)8-10-6-3-5-9-4-1-2-7-11(9)10/h1-7,15H,8H2. The molecule has 0 amide bonds. The van der Waals surface area contributed by atoms with Crippen molar-refractivity contribution in [3.8, 4) is 0 Å². The lowest BCUT2D eigenvalue weighted by Gasteiger charge is -2.14. The number of fused-ring (bicyclic) bond motifs is 1. The Morgan fingerprint density at radius 2 is 1.83 bits per heavy atom. The Bertz CT molecular complexity index is 528. The Balaban J connectivity index is 2.26. The molecule has 2 aromatic rings. The molecule has 0 spiro atoms. The Kier molecular flexibility index (Phi) is 4.13. The Morgan fingerprint density at radius 3 is 2.61 bits per heavy atom. The molecule has 3 nitrogen and oxygen atoms in total. The van der Waals surface area contributed by atoms with Crippen molar-refractivity contribution in [2.45, 2.75) is 11.7 Å². The van der Waals surface area contributed by atoms with Crippen molar-refractivity contribution in [2.24, 2.45) is 0 Å². The van der Waals surface area contributed by atoms with Crippen LogP contribution in [0.4, 0.5) is 8.78 Å². The molecule has 6 heteroatoms. The first-order valence-corrected chi connectivity index (χ1v) is 5.87. The number of alkyl halides is 2. The van der Waals surface area contributed by atoms with E-state index in [2.05, 4.69) is 9.37 Å². The Labute approximate surface area is 106 Å². The van der Waals surface area contributed by atoms with Gasteiger partial charge in [0.1, 0.15) is 12.0 Å². The molecule has 0 saturated heterocycles. The van der Waals surface area contributed by atoms with Gasteiger partial charge in [0.05, 0.1) is 0 Å². The molecule has 0 saturated carbocycles. The molecule has 96 valence electrons. The quantitative estimate of drug-likeness (QED) is 0.506. The van der Waals surface area contributed by atoms with Gasteiger partial charge in [0.25, 0.3) is 0 Å². The molecule has 0 fully saturated rings. The van der Waals surface area contributed by atoms with Crippen molar-refractivity contribution in [1.29, 1.82) is 0 Å².